The number of amides is 2. The minimum atomic E-state index is -0.667. The average Bonchev–Trinajstić information content (AvgIpc) is 2.73. The van der Waals surface area contributed by atoms with Crippen LogP contribution in [-0.2, 0) is 4.74 Å². The summed E-state index contributed by atoms with van der Waals surface area (Å²) >= 11 is 0. The van der Waals surface area contributed by atoms with Crippen LogP contribution in [0.4, 0.5) is 4.79 Å². The molecule has 0 saturated carbocycles. The molecule has 1 saturated heterocycles. The van der Waals surface area contributed by atoms with E-state index in [9.17, 15) is 14.7 Å². The molecule has 3 rings (SSSR count). The number of cyclic esters (lactones) is 1. The molecule has 2 aromatic rings. The van der Waals surface area contributed by atoms with Gasteiger partial charge in [-0.05, 0) is 24.0 Å². The maximum Gasteiger partial charge on any atom is 0.410 e. The zero-order chi connectivity index (χ0) is 21.9. The van der Waals surface area contributed by atoms with Gasteiger partial charge in [-0.2, -0.15) is 0 Å². The smallest absolute Gasteiger partial charge is 0.410 e. The van der Waals surface area contributed by atoms with E-state index in [-0.39, 0.29) is 30.5 Å². The highest BCUT2D eigenvalue weighted by molar-refractivity contribution is 5.88. The first-order valence-corrected chi connectivity index (χ1v) is 10.1. The number of ether oxygens (including phenoxy) is 1. The topological polar surface area (TPSA) is 119 Å². The normalized spacial score (nSPS) is 20.2. The number of carbonyl (C=O) groups is 2. The molecule has 1 aromatic heterocycles. The second kappa shape index (κ2) is 8.79. The molecule has 160 valence electrons. The first kappa shape index (κ1) is 21.7. The van der Waals surface area contributed by atoms with Crippen molar-refractivity contribution in [2.75, 3.05) is 13.2 Å². The molecule has 1 unspecified atom stereocenters. The van der Waals surface area contributed by atoms with E-state index in [1.165, 1.54) is 0 Å². The van der Waals surface area contributed by atoms with E-state index >= 15 is 0 Å². The fraction of sp³-hybridized carbons (Fsp3) is 0.455. The van der Waals surface area contributed by atoms with Gasteiger partial charge in [-0.15, -0.1) is 0 Å². The maximum atomic E-state index is 12.7. The SMILES string of the molecule is CC(c1ccc(-c2cnc(C(N)=O)nc2)cc1)N1CC[C@](CCO)(C(C)C)OC1=O. The summed E-state index contributed by atoms with van der Waals surface area (Å²) in [5.41, 5.74) is 7.20. The third-order valence-electron chi connectivity index (χ3n) is 5.95. The number of aliphatic hydroxyl groups excluding tert-OH is 1. The maximum absolute atomic E-state index is 12.7. The quantitative estimate of drug-likeness (QED) is 0.722. The summed E-state index contributed by atoms with van der Waals surface area (Å²) in [5.74, 6) is -0.556. The molecule has 2 atom stereocenters. The van der Waals surface area contributed by atoms with Crippen molar-refractivity contribution in [2.24, 2.45) is 11.7 Å². The van der Waals surface area contributed by atoms with Gasteiger partial charge in [0.05, 0.1) is 6.04 Å². The van der Waals surface area contributed by atoms with Crippen LogP contribution in [0.5, 0.6) is 0 Å². The van der Waals surface area contributed by atoms with Crippen LogP contribution in [0.3, 0.4) is 0 Å². The van der Waals surface area contributed by atoms with Crippen LogP contribution >= 0.6 is 0 Å². The predicted octanol–water partition coefficient (Wildman–Crippen LogP) is 2.92. The molecule has 0 radical (unpaired) electrons. The van der Waals surface area contributed by atoms with Crippen LogP contribution in [0.15, 0.2) is 36.7 Å². The molecule has 8 nitrogen and oxygen atoms in total. The van der Waals surface area contributed by atoms with Crippen LogP contribution in [0.2, 0.25) is 0 Å². The van der Waals surface area contributed by atoms with Gasteiger partial charge in [-0.25, -0.2) is 14.8 Å². The highest BCUT2D eigenvalue weighted by Gasteiger charge is 2.43. The summed E-state index contributed by atoms with van der Waals surface area (Å²) in [4.78, 5) is 33.5. The first-order chi connectivity index (χ1) is 14.3. The number of nitrogens with two attached hydrogens (primary N) is 1. The molecule has 8 heteroatoms. The highest BCUT2D eigenvalue weighted by Crippen LogP contribution is 2.37. The van der Waals surface area contributed by atoms with E-state index < -0.39 is 11.5 Å². The molecule has 2 heterocycles. The lowest BCUT2D eigenvalue weighted by molar-refractivity contribution is -0.0929. The Labute approximate surface area is 176 Å². The van der Waals surface area contributed by atoms with Crippen LogP contribution in [-0.4, -0.2) is 50.7 Å². The van der Waals surface area contributed by atoms with E-state index in [4.69, 9.17) is 10.5 Å². The lowest BCUT2D eigenvalue weighted by Gasteiger charge is -2.45. The van der Waals surface area contributed by atoms with E-state index in [0.29, 0.717) is 19.4 Å². The van der Waals surface area contributed by atoms with Gasteiger partial charge < -0.3 is 20.5 Å². The minimum absolute atomic E-state index is 0.00733. The summed E-state index contributed by atoms with van der Waals surface area (Å²) in [6.07, 6.45) is 3.89. The third kappa shape index (κ3) is 4.28. The molecule has 0 bridgehead atoms. The minimum Gasteiger partial charge on any atom is -0.442 e. The highest BCUT2D eigenvalue weighted by atomic mass is 16.6. The lowest BCUT2D eigenvalue weighted by Crippen LogP contribution is -2.53. The molecule has 30 heavy (non-hydrogen) atoms. The van der Waals surface area contributed by atoms with Gasteiger partial charge in [-0.1, -0.05) is 38.1 Å². The number of hydrogen-bond acceptors (Lipinski definition) is 6. The monoisotopic (exact) mass is 412 g/mol. The van der Waals surface area contributed by atoms with Crippen LogP contribution in [0.1, 0.15) is 55.8 Å². The molecule has 3 N–H and O–H groups in total. The largest absolute Gasteiger partial charge is 0.442 e. The van der Waals surface area contributed by atoms with Gasteiger partial charge in [0.1, 0.15) is 5.60 Å². The van der Waals surface area contributed by atoms with E-state index in [0.717, 1.165) is 16.7 Å². The summed E-state index contributed by atoms with van der Waals surface area (Å²) in [7, 11) is 0. The zero-order valence-electron chi connectivity index (χ0n) is 17.5. The van der Waals surface area contributed by atoms with E-state index in [1.807, 2.05) is 45.0 Å². The second-order valence-electron chi connectivity index (χ2n) is 7.96. The second-order valence-corrected chi connectivity index (χ2v) is 7.96. The van der Waals surface area contributed by atoms with Crippen molar-refractivity contribution in [2.45, 2.75) is 45.3 Å². The van der Waals surface area contributed by atoms with Crippen LogP contribution < -0.4 is 5.73 Å². The molecule has 2 amide bonds. The Morgan fingerprint density at radius 2 is 1.83 bits per heavy atom. The standard InChI is InChI=1S/C22H28N4O4/c1-14(2)22(9-11-27)8-10-26(21(29)30-22)15(3)16-4-6-17(7-5-16)18-12-24-20(19(23)28)25-13-18/h4-7,12-15,27H,8-11H2,1-3H3,(H2,23,28)/t15?,22-/m0/s1. The van der Waals surface area contributed by atoms with Crippen molar-refractivity contribution in [3.63, 3.8) is 0 Å². The number of hydrogen-bond donors (Lipinski definition) is 2. The number of benzene rings is 1. The Morgan fingerprint density at radius 3 is 2.33 bits per heavy atom. The Bertz CT molecular complexity index is 898. The van der Waals surface area contributed by atoms with Gasteiger partial charge in [0.15, 0.2) is 0 Å². The lowest BCUT2D eigenvalue weighted by atomic mass is 9.83. The average molecular weight is 412 g/mol. The van der Waals surface area contributed by atoms with Gasteiger partial charge in [0, 0.05) is 44.0 Å². The van der Waals surface area contributed by atoms with E-state index in [2.05, 4.69) is 9.97 Å². The third-order valence-corrected chi connectivity index (χ3v) is 5.95. The van der Waals surface area contributed by atoms with Crippen molar-refractivity contribution in [1.29, 1.82) is 0 Å². The number of aliphatic hydroxyl groups is 1. The van der Waals surface area contributed by atoms with Gasteiger partial charge in [0.25, 0.3) is 5.91 Å². The predicted molar refractivity (Wildman–Crippen MR) is 111 cm³/mol. The molecule has 1 aromatic carbocycles. The Balaban J connectivity index is 1.72. The Kier molecular flexibility index (Phi) is 6.36. The molecular formula is C22H28N4O4. The molecule has 1 fully saturated rings. The van der Waals surface area contributed by atoms with Crippen molar-refractivity contribution in [3.8, 4) is 11.1 Å². The summed E-state index contributed by atoms with van der Waals surface area (Å²) in [5, 5.41) is 9.40. The molecular weight excluding hydrogens is 384 g/mol. The Morgan fingerprint density at radius 1 is 1.20 bits per heavy atom. The van der Waals surface area contributed by atoms with Crippen molar-refractivity contribution in [3.05, 3.63) is 48.0 Å². The van der Waals surface area contributed by atoms with E-state index in [1.54, 1.807) is 17.3 Å². The fourth-order valence-corrected chi connectivity index (χ4v) is 3.84. The molecule has 0 aliphatic carbocycles. The van der Waals surface area contributed by atoms with Gasteiger partial charge in [0.2, 0.25) is 5.82 Å². The van der Waals surface area contributed by atoms with Crippen molar-refractivity contribution >= 4 is 12.0 Å². The molecule has 0 spiro atoms. The van der Waals surface area contributed by atoms with Gasteiger partial charge >= 0.3 is 6.09 Å². The summed E-state index contributed by atoms with van der Waals surface area (Å²) in [6, 6.07) is 7.60. The molecule has 1 aliphatic rings. The zero-order valence-corrected chi connectivity index (χ0v) is 17.5. The first-order valence-electron chi connectivity index (χ1n) is 10.1. The number of rotatable bonds is 7. The van der Waals surface area contributed by atoms with Crippen molar-refractivity contribution < 1.29 is 19.4 Å². The summed E-state index contributed by atoms with van der Waals surface area (Å²) in [6.45, 7) is 6.56. The number of carbonyl (C=O) groups excluding carboxylic acids is 2. The summed E-state index contributed by atoms with van der Waals surface area (Å²) < 4.78 is 5.83. The number of nitrogens with zero attached hydrogens (tertiary/aromatic N) is 3. The van der Waals surface area contributed by atoms with Crippen molar-refractivity contribution in [1.82, 2.24) is 14.9 Å². The molecule has 1 aliphatic heterocycles. The Hall–Kier alpha value is -3.00. The number of aromatic nitrogens is 2. The van der Waals surface area contributed by atoms with Crippen LogP contribution in [0, 0.1) is 5.92 Å². The van der Waals surface area contributed by atoms with Gasteiger partial charge in [-0.3, -0.25) is 4.79 Å². The van der Waals surface area contributed by atoms with Crippen LogP contribution in [0.25, 0.3) is 11.1 Å². The fourth-order valence-electron chi connectivity index (χ4n) is 3.84. The number of primary amides is 1.